The number of nitrogens with zero attached hydrogens (tertiary/aromatic N) is 2. The summed E-state index contributed by atoms with van der Waals surface area (Å²) in [5.41, 5.74) is 1.10. The number of carbonyl (C=O) groups excluding carboxylic acids is 2. The molecular formula is C22H30N2O4. The summed E-state index contributed by atoms with van der Waals surface area (Å²) in [6.07, 6.45) is 6.68. The Kier molecular flexibility index (Phi) is 8.23. The number of benzene rings is 1. The Bertz CT molecular complexity index is 700. The molecule has 0 bridgehead atoms. The summed E-state index contributed by atoms with van der Waals surface area (Å²) >= 11 is 0. The molecule has 1 aromatic rings. The Hall–Kier alpha value is -2.63. The van der Waals surface area contributed by atoms with Gasteiger partial charge in [-0.2, -0.15) is 0 Å². The first-order valence-corrected chi connectivity index (χ1v) is 9.96. The molecule has 1 aliphatic rings. The number of amides is 2. The molecule has 0 fully saturated rings. The van der Waals surface area contributed by atoms with Crippen molar-refractivity contribution in [2.45, 2.75) is 58.4 Å². The van der Waals surface area contributed by atoms with Crippen LogP contribution in [0.25, 0.3) is 0 Å². The number of unbranched alkanes of at least 4 members (excludes halogenated alkanes) is 2. The highest BCUT2D eigenvalue weighted by molar-refractivity contribution is 5.90. The molecule has 2 rings (SSSR count). The summed E-state index contributed by atoms with van der Waals surface area (Å²) in [7, 11) is 0. The van der Waals surface area contributed by atoms with Crippen molar-refractivity contribution in [3.8, 4) is 0 Å². The summed E-state index contributed by atoms with van der Waals surface area (Å²) in [5.74, 6) is -0.900. The van der Waals surface area contributed by atoms with E-state index in [1.165, 1.54) is 0 Å². The Morgan fingerprint density at radius 2 is 1.75 bits per heavy atom. The molecule has 1 aliphatic heterocycles. The van der Waals surface area contributed by atoms with E-state index in [4.69, 9.17) is 5.11 Å². The van der Waals surface area contributed by atoms with Crippen LogP contribution in [0.5, 0.6) is 0 Å². The van der Waals surface area contributed by atoms with Crippen LogP contribution in [0.1, 0.15) is 51.5 Å². The lowest BCUT2D eigenvalue weighted by Gasteiger charge is -2.38. The smallest absolute Gasteiger partial charge is 0.303 e. The predicted octanol–water partition coefficient (Wildman–Crippen LogP) is 3.43. The quantitative estimate of drug-likeness (QED) is 0.625. The molecule has 28 heavy (non-hydrogen) atoms. The van der Waals surface area contributed by atoms with Crippen molar-refractivity contribution < 1.29 is 19.5 Å². The van der Waals surface area contributed by atoms with Crippen molar-refractivity contribution in [2.75, 3.05) is 6.54 Å². The largest absolute Gasteiger partial charge is 0.481 e. The van der Waals surface area contributed by atoms with Gasteiger partial charge >= 0.3 is 5.97 Å². The van der Waals surface area contributed by atoms with Gasteiger partial charge in [-0.25, -0.2) is 0 Å². The summed E-state index contributed by atoms with van der Waals surface area (Å²) in [5, 5.41) is 8.68. The molecule has 152 valence electrons. The van der Waals surface area contributed by atoms with Crippen LogP contribution in [0.4, 0.5) is 0 Å². The van der Waals surface area contributed by atoms with Gasteiger partial charge in [0, 0.05) is 31.8 Å². The topological polar surface area (TPSA) is 77.9 Å². The Morgan fingerprint density at radius 1 is 1.04 bits per heavy atom. The molecule has 6 heteroatoms. The number of carboxylic acid groups (broad SMARTS) is 1. The van der Waals surface area contributed by atoms with Gasteiger partial charge in [0.2, 0.25) is 11.8 Å². The third-order valence-corrected chi connectivity index (χ3v) is 4.92. The maximum atomic E-state index is 12.9. The molecule has 6 nitrogen and oxygen atoms in total. The van der Waals surface area contributed by atoms with Gasteiger partial charge in [-0.05, 0) is 30.7 Å². The van der Waals surface area contributed by atoms with Crippen molar-refractivity contribution in [1.29, 1.82) is 0 Å². The van der Waals surface area contributed by atoms with Gasteiger partial charge in [-0.3, -0.25) is 14.4 Å². The van der Waals surface area contributed by atoms with E-state index in [2.05, 4.69) is 0 Å². The van der Waals surface area contributed by atoms with E-state index < -0.39 is 12.0 Å². The zero-order valence-electron chi connectivity index (χ0n) is 16.7. The lowest BCUT2D eigenvalue weighted by Crippen LogP contribution is -2.53. The number of hydrogen-bond acceptors (Lipinski definition) is 3. The average Bonchev–Trinajstić information content (AvgIpc) is 2.67. The maximum absolute atomic E-state index is 12.9. The molecule has 0 spiro atoms. The highest BCUT2D eigenvalue weighted by atomic mass is 16.4. The third kappa shape index (κ3) is 6.22. The molecule has 0 saturated heterocycles. The van der Waals surface area contributed by atoms with Crippen LogP contribution in [-0.2, 0) is 20.8 Å². The van der Waals surface area contributed by atoms with Gasteiger partial charge in [0.05, 0.1) is 0 Å². The molecule has 1 atom stereocenters. The predicted molar refractivity (Wildman–Crippen MR) is 107 cm³/mol. The summed E-state index contributed by atoms with van der Waals surface area (Å²) in [6.45, 7) is 4.44. The molecule has 1 heterocycles. The van der Waals surface area contributed by atoms with E-state index in [0.717, 1.165) is 18.4 Å². The van der Waals surface area contributed by atoms with Crippen LogP contribution in [0.3, 0.4) is 0 Å². The highest BCUT2D eigenvalue weighted by Gasteiger charge is 2.36. The molecule has 0 aromatic heterocycles. The highest BCUT2D eigenvalue weighted by Crippen LogP contribution is 2.22. The van der Waals surface area contributed by atoms with Crippen molar-refractivity contribution in [3.63, 3.8) is 0 Å². The number of aryl methyl sites for hydroxylation is 1. The van der Waals surface area contributed by atoms with Gasteiger partial charge in [0.15, 0.2) is 0 Å². The van der Waals surface area contributed by atoms with Gasteiger partial charge in [-0.1, -0.05) is 50.6 Å². The fourth-order valence-electron chi connectivity index (χ4n) is 3.40. The molecular weight excluding hydrogens is 356 g/mol. The lowest BCUT2D eigenvalue weighted by atomic mass is 9.98. The Morgan fingerprint density at radius 3 is 2.39 bits per heavy atom. The second kappa shape index (κ2) is 10.6. The van der Waals surface area contributed by atoms with Crippen molar-refractivity contribution in [2.24, 2.45) is 5.92 Å². The van der Waals surface area contributed by atoms with Crippen LogP contribution >= 0.6 is 0 Å². The fraction of sp³-hybridized carbons (Fsp3) is 0.500. The zero-order chi connectivity index (χ0) is 20.5. The second-order valence-electron chi connectivity index (χ2n) is 7.51. The summed E-state index contributed by atoms with van der Waals surface area (Å²) < 4.78 is 0. The van der Waals surface area contributed by atoms with Crippen LogP contribution < -0.4 is 0 Å². The van der Waals surface area contributed by atoms with Crippen LogP contribution in [0.2, 0.25) is 0 Å². The van der Waals surface area contributed by atoms with Crippen molar-refractivity contribution >= 4 is 17.8 Å². The maximum Gasteiger partial charge on any atom is 0.303 e. The fourth-order valence-corrected chi connectivity index (χ4v) is 3.40. The van der Waals surface area contributed by atoms with Crippen LogP contribution in [-0.4, -0.2) is 45.3 Å². The molecule has 1 unspecified atom stereocenters. The normalized spacial score (nSPS) is 16.7. The van der Waals surface area contributed by atoms with Crippen LogP contribution in [0.15, 0.2) is 42.7 Å². The summed E-state index contributed by atoms with van der Waals surface area (Å²) in [4.78, 5) is 39.5. The monoisotopic (exact) mass is 386 g/mol. The van der Waals surface area contributed by atoms with Gasteiger partial charge in [0.25, 0.3) is 0 Å². The van der Waals surface area contributed by atoms with E-state index >= 15 is 0 Å². The first-order chi connectivity index (χ1) is 13.4. The van der Waals surface area contributed by atoms with Crippen LogP contribution in [0, 0.1) is 5.92 Å². The first-order valence-electron chi connectivity index (χ1n) is 9.96. The number of carboxylic acids is 1. The number of hydrogen-bond donors (Lipinski definition) is 1. The van der Waals surface area contributed by atoms with Gasteiger partial charge < -0.3 is 14.9 Å². The number of aliphatic carboxylic acids is 1. The lowest BCUT2D eigenvalue weighted by molar-refractivity contribution is -0.145. The minimum Gasteiger partial charge on any atom is -0.481 e. The third-order valence-electron chi connectivity index (χ3n) is 4.92. The molecule has 0 saturated carbocycles. The molecule has 1 N–H and O–H groups in total. The minimum atomic E-state index is -0.793. The van der Waals surface area contributed by atoms with Crippen molar-refractivity contribution in [3.05, 3.63) is 48.3 Å². The first kappa shape index (κ1) is 21.7. The van der Waals surface area contributed by atoms with E-state index in [1.54, 1.807) is 22.2 Å². The number of rotatable bonds is 10. The second-order valence-corrected chi connectivity index (χ2v) is 7.51. The minimum absolute atomic E-state index is 0.00707. The van der Waals surface area contributed by atoms with E-state index in [1.807, 2.05) is 44.2 Å². The average molecular weight is 386 g/mol. The van der Waals surface area contributed by atoms with E-state index in [9.17, 15) is 14.4 Å². The Labute approximate surface area is 166 Å². The van der Waals surface area contributed by atoms with E-state index in [-0.39, 0.29) is 24.2 Å². The number of carbonyl (C=O) groups is 3. The van der Waals surface area contributed by atoms with Gasteiger partial charge in [-0.15, -0.1) is 0 Å². The van der Waals surface area contributed by atoms with Crippen molar-refractivity contribution in [1.82, 2.24) is 9.80 Å². The summed E-state index contributed by atoms with van der Waals surface area (Å²) in [6, 6.07) is 9.35. The molecule has 0 aliphatic carbocycles. The SMILES string of the molecule is CC(C)C1C(=O)N(CCCCCC(=O)O)C=CN1C(=O)CCc1ccccc1. The molecule has 2 amide bonds. The Balaban J connectivity index is 1.94. The van der Waals surface area contributed by atoms with Gasteiger partial charge in [0.1, 0.15) is 6.04 Å². The standard InChI is InChI=1S/C22H30N2O4/c1-17(2)21-22(28)23(14-8-4-7-11-20(26)27)15-16-24(21)19(25)13-12-18-9-5-3-6-10-18/h3,5-6,9-10,15-17,21H,4,7-8,11-14H2,1-2H3,(H,26,27). The molecule has 0 radical (unpaired) electrons. The zero-order valence-corrected chi connectivity index (χ0v) is 16.7. The van der Waals surface area contributed by atoms with E-state index in [0.29, 0.717) is 25.8 Å². The molecule has 1 aromatic carbocycles.